The highest BCUT2D eigenvalue weighted by Gasteiger charge is 2.64. The quantitative estimate of drug-likeness (QED) is 0.535. The number of hydrogen-bond acceptors (Lipinski definition) is 2. The van der Waals surface area contributed by atoms with Gasteiger partial charge in [0.2, 0.25) is 5.78 Å². The number of Topliss-reactive ketones (excluding diaryl/α,β-unsaturated/α-hetero) is 2. The molecule has 7 heteroatoms. The lowest BCUT2D eigenvalue weighted by atomic mass is 10.1. The summed E-state index contributed by atoms with van der Waals surface area (Å²) in [6.07, 6.45) is -6.57. The molecule has 0 aliphatic carbocycles. The van der Waals surface area contributed by atoms with E-state index >= 15 is 0 Å². The van der Waals surface area contributed by atoms with Gasteiger partial charge >= 0.3 is 12.1 Å². The zero-order valence-electron chi connectivity index (χ0n) is 7.12. The van der Waals surface area contributed by atoms with Gasteiger partial charge in [0.15, 0.2) is 0 Å². The number of halogens is 5. The molecule has 0 heterocycles. The van der Waals surface area contributed by atoms with Gasteiger partial charge in [-0.05, 0) is 6.42 Å². The Balaban J connectivity index is 4.76. The molecule has 0 amide bonds. The molecule has 2 nitrogen and oxygen atoms in total. The molecule has 0 atom stereocenters. The van der Waals surface area contributed by atoms with Crippen molar-refractivity contribution in [1.29, 1.82) is 0 Å². The Morgan fingerprint density at radius 3 is 1.79 bits per heavy atom. The van der Waals surface area contributed by atoms with Gasteiger partial charge in [-0.3, -0.25) is 9.59 Å². The molecule has 0 radical (unpaired) electrons. The van der Waals surface area contributed by atoms with E-state index in [-0.39, 0.29) is 6.42 Å². The van der Waals surface area contributed by atoms with Gasteiger partial charge in [-0.2, -0.15) is 22.0 Å². The zero-order valence-corrected chi connectivity index (χ0v) is 7.12. The summed E-state index contributed by atoms with van der Waals surface area (Å²) in [6, 6.07) is 0. The van der Waals surface area contributed by atoms with E-state index in [9.17, 15) is 31.5 Å². The smallest absolute Gasteiger partial charge is 0.291 e. The molecule has 0 aromatic heterocycles. The Morgan fingerprint density at radius 1 is 1.07 bits per heavy atom. The van der Waals surface area contributed by atoms with Crippen LogP contribution in [0.25, 0.3) is 0 Å². The maximum atomic E-state index is 12.2. The number of alkyl halides is 5. The number of carbonyl (C=O) groups is 2. The average Bonchev–Trinajstić information content (AvgIpc) is 2.01. The third-order valence-corrected chi connectivity index (χ3v) is 1.37. The molecule has 0 aliphatic rings. The molecule has 82 valence electrons. The molecule has 0 bridgehead atoms. The lowest BCUT2D eigenvalue weighted by Gasteiger charge is -2.16. The highest BCUT2D eigenvalue weighted by Crippen LogP contribution is 2.36. The molecule has 0 fully saturated rings. The summed E-state index contributed by atoms with van der Waals surface area (Å²) in [4.78, 5) is 20.9. The van der Waals surface area contributed by atoms with Gasteiger partial charge in [0.1, 0.15) is 0 Å². The second-order valence-electron chi connectivity index (χ2n) is 2.57. The zero-order chi connectivity index (χ0) is 11.6. The van der Waals surface area contributed by atoms with Crippen molar-refractivity contribution in [1.82, 2.24) is 0 Å². The Hall–Kier alpha value is -1.01. The van der Waals surface area contributed by atoms with Crippen molar-refractivity contribution in [2.75, 3.05) is 0 Å². The van der Waals surface area contributed by atoms with Crippen LogP contribution in [0.1, 0.15) is 19.8 Å². The summed E-state index contributed by atoms with van der Waals surface area (Å²) >= 11 is 0. The monoisotopic (exact) mass is 218 g/mol. The Kier molecular flexibility index (Phi) is 3.73. The topological polar surface area (TPSA) is 34.1 Å². The van der Waals surface area contributed by atoms with Crippen LogP contribution in [0.5, 0.6) is 0 Å². The van der Waals surface area contributed by atoms with Gasteiger partial charge in [-0.15, -0.1) is 0 Å². The van der Waals surface area contributed by atoms with Crippen molar-refractivity contribution in [3.63, 3.8) is 0 Å². The first kappa shape index (κ1) is 13.0. The summed E-state index contributed by atoms with van der Waals surface area (Å²) < 4.78 is 59.1. The first-order valence-corrected chi connectivity index (χ1v) is 3.66. The van der Waals surface area contributed by atoms with E-state index in [1.54, 1.807) is 0 Å². The lowest BCUT2D eigenvalue weighted by Crippen LogP contribution is -2.47. The SMILES string of the molecule is CCCC(=O)C(=O)C(F)(F)C(F)(F)F. The van der Waals surface area contributed by atoms with E-state index in [1.165, 1.54) is 6.92 Å². The molecule has 0 N–H and O–H groups in total. The molecule has 0 aromatic carbocycles. The van der Waals surface area contributed by atoms with Crippen LogP contribution < -0.4 is 0 Å². The van der Waals surface area contributed by atoms with E-state index in [1.807, 2.05) is 0 Å². The summed E-state index contributed by atoms with van der Waals surface area (Å²) in [6.45, 7) is 1.39. The van der Waals surface area contributed by atoms with Crippen molar-refractivity contribution < 1.29 is 31.5 Å². The van der Waals surface area contributed by atoms with Gasteiger partial charge < -0.3 is 0 Å². The molecule has 0 saturated heterocycles. The molecule has 0 aliphatic heterocycles. The molecule has 14 heavy (non-hydrogen) atoms. The van der Waals surface area contributed by atoms with Gasteiger partial charge in [0.05, 0.1) is 0 Å². The van der Waals surface area contributed by atoms with Crippen molar-refractivity contribution in [2.45, 2.75) is 31.9 Å². The van der Waals surface area contributed by atoms with Crippen LogP contribution in [0.2, 0.25) is 0 Å². The van der Waals surface area contributed by atoms with Crippen LogP contribution >= 0.6 is 0 Å². The number of hydrogen-bond donors (Lipinski definition) is 0. The van der Waals surface area contributed by atoms with Crippen LogP contribution in [0.4, 0.5) is 22.0 Å². The predicted octanol–water partition coefficient (Wildman–Crippen LogP) is 2.12. The molecular formula is C7H7F5O2. The Bertz CT molecular complexity index is 243. The second kappa shape index (κ2) is 4.02. The summed E-state index contributed by atoms with van der Waals surface area (Å²) in [5.41, 5.74) is 0. The Morgan fingerprint density at radius 2 is 1.50 bits per heavy atom. The van der Waals surface area contributed by atoms with Crippen molar-refractivity contribution in [2.24, 2.45) is 0 Å². The standard InChI is InChI=1S/C7H7F5O2/c1-2-3-4(13)5(14)6(8,9)7(10,11)12/h2-3H2,1H3. The first-order valence-electron chi connectivity index (χ1n) is 3.66. The van der Waals surface area contributed by atoms with E-state index < -0.39 is 30.1 Å². The van der Waals surface area contributed by atoms with E-state index in [0.29, 0.717) is 0 Å². The minimum absolute atomic E-state index is 0.0402. The minimum atomic E-state index is -6.01. The molecule has 0 unspecified atom stereocenters. The van der Waals surface area contributed by atoms with Crippen LogP contribution in [0.15, 0.2) is 0 Å². The van der Waals surface area contributed by atoms with Gasteiger partial charge in [0.25, 0.3) is 5.78 Å². The Labute approximate surface area is 76.1 Å². The largest absolute Gasteiger partial charge is 0.461 e. The third kappa shape index (κ3) is 2.49. The van der Waals surface area contributed by atoms with Crippen molar-refractivity contribution in [3.05, 3.63) is 0 Å². The summed E-state index contributed by atoms with van der Waals surface area (Å²) in [5.74, 6) is -9.96. The third-order valence-electron chi connectivity index (χ3n) is 1.37. The van der Waals surface area contributed by atoms with Crippen LogP contribution in [0, 0.1) is 0 Å². The molecule has 0 spiro atoms. The highest BCUT2D eigenvalue weighted by atomic mass is 19.4. The van der Waals surface area contributed by atoms with Crippen molar-refractivity contribution in [3.8, 4) is 0 Å². The van der Waals surface area contributed by atoms with E-state index in [0.717, 1.165) is 0 Å². The molecular weight excluding hydrogens is 211 g/mol. The normalized spacial score (nSPS) is 12.7. The highest BCUT2D eigenvalue weighted by molar-refractivity contribution is 6.39. The summed E-state index contributed by atoms with van der Waals surface area (Å²) in [7, 11) is 0. The lowest BCUT2D eigenvalue weighted by molar-refractivity contribution is -0.267. The van der Waals surface area contributed by atoms with E-state index in [2.05, 4.69) is 0 Å². The minimum Gasteiger partial charge on any atom is -0.291 e. The van der Waals surface area contributed by atoms with Gasteiger partial charge in [0, 0.05) is 6.42 Å². The number of rotatable bonds is 4. The molecule has 0 aromatic rings. The fraction of sp³-hybridized carbons (Fsp3) is 0.714. The average molecular weight is 218 g/mol. The number of carbonyl (C=O) groups excluding carboxylic acids is 2. The van der Waals surface area contributed by atoms with Gasteiger partial charge in [-0.1, -0.05) is 6.92 Å². The first-order chi connectivity index (χ1) is 6.14. The number of ketones is 2. The van der Waals surface area contributed by atoms with E-state index in [4.69, 9.17) is 0 Å². The molecule has 0 rings (SSSR count). The maximum Gasteiger partial charge on any atom is 0.461 e. The van der Waals surface area contributed by atoms with Crippen LogP contribution in [0.3, 0.4) is 0 Å². The maximum absolute atomic E-state index is 12.2. The van der Waals surface area contributed by atoms with Crippen molar-refractivity contribution >= 4 is 11.6 Å². The fourth-order valence-corrected chi connectivity index (χ4v) is 0.644. The van der Waals surface area contributed by atoms with Crippen LogP contribution in [-0.2, 0) is 9.59 Å². The fourth-order valence-electron chi connectivity index (χ4n) is 0.644. The predicted molar refractivity (Wildman–Crippen MR) is 35.9 cm³/mol. The summed E-state index contributed by atoms with van der Waals surface area (Å²) in [5, 5.41) is 0. The second-order valence-corrected chi connectivity index (χ2v) is 2.57. The van der Waals surface area contributed by atoms with Crippen LogP contribution in [-0.4, -0.2) is 23.7 Å². The molecule has 0 saturated carbocycles. The van der Waals surface area contributed by atoms with Gasteiger partial charge in [-0.25, -0.2) is 0 Å².